The van der Waals surface area contributed by atoms with E-state index in [-0.39, 0.29) is 0 Å². The van der Waals surface area contributed by atoms with Crippen LogP contribution in [0.2, 0.25) is 0 Å². The summed E-state index contributed by atoms with van der Waals surface area (Å²) < 4.78 is 5.97. The highest BCUT2D eigenvalue weighted by Gasteiger charge is 2.41. The van der Waals surface area contributed by atoms with E-state index in [0.29, 0.717) is 24.8 Å². The number of piperazine rings is 1. The normalized spacial score (nSPS) is 28.6. The fourth-order valence-electron chi connectivity index (χ4n) is 4.31. The molecule has 4 rings (SSSR count). The number of ether oxygens (including phenoxy) is 1. The number of hydrogen-bond donors (Lipinski definition) is 2. The van der Waals surface area contributed by atoms with Gasteiger partial charge in [0.15, 0.2) is 5.96 Å². The van der Waals surface area contributed by atoms with E-state index in [2.05, 4.69) is 45.5 Å². The number of guanidine groups is 1. The Balaban J connectivity index is 1.43. The Morgan fingerprint density at radius 1 is 1.30 bits per heavy atom. The maximum absolute atomic E-state index is 5.97. The first-order chi connectivity index (χ1) is 13.2. The molecule has 0 aliphatic carbocycles. The van der Waals surface area contributed by atoms with Gasteiger partial charge in [0.2, 0.25) is 0 Å². The summed E-state index contributed by atoms with van der Waals surface area (Å²) in [6.45, 7) is 7.78. The molecule has 4 heterocycles. The molecule has 3 unspecified atom stereocenters. The maximum Gasteiger partial charge on any atom is 0.191 e. The van der Waals surface area contributed by atoms with Crippen LogP contribution in [-0.4, -0.2) is 73.9 Å². The maximum atomic E-state index is 5.97. The standard InChI is InChI=1S/C20H32N6O/c1-3-21-20(24-17-13-16-6-7-18(17)27-16)23-14-15-5-4-8-22-19(15)26-11-9-25(2)10-12-26/h4-5,8,16-18H,3,6-7,9-14H2,1-2H3,(H2,21,23,24). The lowest BCUT2D eigenvalue weighted by atomic mass is 9.96. The van der Waals surface area contributed by atoms with Gasteiger partial charge in [0.1, 0.15) is 5.82 Å². The summed E-state index contributed by atoms with van der Waals surface area (Å²) in [5, 5.41) is 6.98. The molecule has 3 aliphatic rings. The lowest BCUT2D eigenvalue weighted by Gasteiger charge is -2.34. The minimum atomic E-state index is 0.346. The summed E-state index contributed by atoms with van der Waals surface area (Å²) in [7, 11) is 2.18. The molecule has 3 aliphatic heterocycles. The molecular formula is C20H32N6O. The largest absolute Gasteiger partial charge is 0.373 e. The van der Waals surface area contributed by atoms with Crippen molar-refractivity contribution < 1.29 is 4.74 Å². The van der Waals surface area contributed by atoms with Crippen LogP contribution in [0.4, 0.5) is 5.82 Å². The zero-order chi connectivity index (χ0) is 18.6. The topological polar surface area (TPSA) is 65.0 Å². The van der Waals surface area contributed by atoms with Gasteiger partial charge >= 0.3 is 0 Å². The van der Waals surface area contributed by atoms with Crippen molar-refractivity contribution in [3.63, 3.8) is 0 Å². The van der Waals surface area contributed by atoms with Gasteiger partial charge < -0.3 is 25.2 Å². The predicted octanol–water partition coefficient (Wildman–Crippen LogP) is 1.21. The van der Waals surface area contributed by atoms with Crippen LogP contribution in [0, 0.1) is 0 Å². The van der Waals surface area contributed by atoms with Crippen molar-refractivity contribution in [1.29, 1.82) is 0 Å². The summed E-state index contributed by atoms with van der Waals surface area (Å²) in [6, 6.07) is 4.54. The van der Waals surface area contributed by atoms with Gasteiger partial charge in [-0.1, -0.05) is 6.07 Å². The molecule has 0 radical (unpaired) electrons. The van der Waals surface area contributed by atoms with Crippen molar-refractivity contribution in [1.82, 2.24) is 20.5 Å². The zero-order valence-electron chi connectivity index (χ0n) is 16.5. The molecule has 7 heteroatoms. The van der Waals surface area contributed by atoms with Crippen LogP contribution < -0.4 is 15.5 Å². The van der Waals surface area contributed by atoms with E-state index < -0.39 is 0 Å². The van der Waals surface area contributed by atoms with E-state index in [0.717, 1.165) is 57.3 Å². The number of aliphatic imine (C=N–C) groups is 1. The highest BCUT2D eigenvalue weighted by Crippen LogP contribution is 2.34. The predicted molar refractivity (Wildman–Crippen MR) is 108 cm³/mol. The number of nitrogens with one attached hydrogen (secondary N) is 2. The van der Waals surface area contributed by atoms with E-state index in [9.17, 15) is 0 Å². The van der Waals surface area contributed by atoms with Gasteiger partial charge in [0.25, 0.3) is 0 Å². The summed E-state index contributed by atoms with van der Waals surface area (Å²) >= 11 is 0. The van der Waals surface area contributed by atoms with Crippen LogP contribution in [0.3, 0.4) is 0 Å². The Hall–Kier alpha value is -1.86. The molecule has 0 saturated carbocycles. The van der Waals surface area contributed by atoms with Gasteiger partial charge in [-0.05, 0) is 39.3 Å². The molecule has 3 atom stereocenters. The average Bonchev–Trinajstić information content (AvgIpc) is 3.30. The van der Waals surface area contributed by atoms with Gasteiger partial charge in [0, 0.05) is 44.5 Å². The third kappa shape index (κ3) is 4.35. The summed E-state index contributed by atoms with van der Waals surface area (Å²) in [5.41, 5.74) is 1.18. The van der Waals surface area contributed by atoms with E-state index in [1.807, 2.05) is 12.3 Å². The quantitative estimate of drug-likeness (QED) is 0.598. The van der Waals surface area contributed by atoms with E-state index >= 15 is 0 Å². The van der Waals surface area contributed by atoms with Crippen molar-refractivity contribution in [2.45, 2.75) is 51.0 Å². The van der Waals surface area contributed by atoms with Gasteiger partial charge in [-0.2, -0.15) is 0 Å². The number of aromatic nitrogens is 1. The number of fused-ring (bicyclic) bond motifs is 2. The molecule has 27 heavy (non-hydrogen) atoms. The van der Waals surface area contributed by atoms with Crippen LogP contribution in [-0.2, 0) is 11.3 Å². The fraction of sp³-hybridized carbons (Fsp3) is 0.700. The molecule has 148 valence electrons. The smallest absolute Gasteiger partial charge is 0.191 e. The lowest BCUT2D eigenvalue weighted by molar-refractivity contribution is 0.0992. The number of anilines is 1. The monoisotopic (exact) mass is 372 g/mol. The average molecular weight is 373 g/mol. The van der Waals surface area contributed by atoms with Crippen molar-refractivity contribution >= 4 is 11.8 Å². The third-order valence-corrected chi connectivity index (χ3v) is 5.85. The van der Waals surface area contributed by atoms with E-state index in [1.54, 1.807) is 0 Å². The van der Waals surface area contributed by atoms with Crippen molar-refractivity contribution in [3.8, 4) is 0 Å². The highest BCUT2D eigenvalue weighted by atomic mass is 16.5. The molecule has 0 amide bonds. The first-order valence-corrected chi connectivity index (χ1v) is 10.3. The van der Waals surface area contributed by atoms with E-state index in [1.165, 1.54) is 12.0 Å². The second kappa shape index (κ2) is 8.44. The summed E-state index contributed by atoms with van der Waals surface area (Å²) in [6.07, 6.45) is 6.14. The first kappa shape index (κ1) is 18.5. The van der Waals surface area contributed by atoms with Gasteiger partial charge in [-0.15, -0.1) is 0 Å². The minimum absolute atomic E-state index is 0.346. The number of likely N-dealkylation sites (N-methyl/N-ethyl adjacent to an activating group) is 1. The number of pyridine rings is 1. The first-order valence-electron chi connectivity index (χ1n) is 10.3. The molecular weight excluding hydrogens is 340 g/mol. The zero-order valence-corrected chi connectivity index (χ0v) is 16.5. The molecule has 1 aromatic heterocycles. The van der Waals surface area contributed by atoms with Crippen molar-refractivity contribution in [3.05, 3.63) is 23.9 Å². The van der Waals surface area contributed by atoms with Gasteiger partial charge in [0.05, 0.1) is 24.8 Å². The Morgan fingerprint density at radius 3 is 2.85 bits per heavy atom. The Bertz CT molecular complexity index is 658. The molecule has 0 aromatic carbocycles. The van der Waals surface area contributed by atoms with Crippen molar-refractivity contribution in [2.75, 3.05) is 44.7 Å². The molecule has 7 nitrogen and oxygen atoms in total. The van der Waals surface area contributed by atoms with Gasteiger partial charge in [-0.25, -0.2) is 9.98 Å². The van der Waals surface area contributed by atoms with Crippen molar-refractivity contribution in [2.24, 2.45) is 4.99 Å². The van der Waals surface area contributed by atoms with Crippen LogP contribution in [0.5, 0.6) is 0 Å². The van der Waals surface area contributed by atoms with Crippen LogP contribution >= 0.6 is 0 Å². The molecule has 1 aromatic rings. The second-order valence-corrected chi connectivity index (χ2v) is 7.83. The SMILES string of the molecule is CCNC(=NCc1cccnc1N1CCN(C)CC1)NC1CC2CCC1O2. The van der Waals surface area contributed by atoms with Gasteiger partial charge in [-0.3, -0.25) is 0 Å². The van der Waals surface area contributed by atoms with Crippen LogP contribution in [0.25, 0.3) is 0 Å². The highest BCUT2D eigenvalue weighted by molar-refractivity contribution is 5.80. The third-order valence-electron chi connectivity index (χ3n) is 5.85. The van der Waals surface area contributed by atoms with Crippen LogP contribution in [0.1, 0.15) is 31.7 Å². The summed E-state index contributed by atoms with van der Waals surface area (Å²) in [5.74, 6) is 1.96. The van der Waals surface area contributed by atoms with E-state index in [4.69, 9.17) is 9.73 Å². The second-order valence-electron chi connectivity index (χ2n) is 7.83. The minimum Gasteiger partial charge on any atom is -0.373 e. The molecule has 2 N–H and O–H groups in total. The Kier molecular flexibility index (Phi) is 5.78. The molecule has 3 saturated heterocycles. The molecule has 3 fully saturated rings. The lowest BCUT2D eigenvalue weighted by Crippen LogP contribution is -2.47. The number of nitrogens with zero attached hydrogens (tertiary/aromatic N) is 4. The fourth-order valence-corrected chi connectivity index (χ4v) is 4.31. The number of hydrogen-bond acceptors (Lipinski definition) is 5. The van der Waals surface area contributed by atoms with Crippen LogP contribution in [0.15, 0.2) is 23.3 Å². The number of rotatable bonds is 5. The Labute approximate surface area is 162 Å². The Morgan fingerprint density at radius 2 is 2.15 bits per heavy atom. The molecule has 0 spiro atoms. The summed E-state index contributed by atoms with van der Waals surface area (Å²) in [4.78, 5) is 14.3. The molecule has 2 bridgehead atoms.